The summed E-state index contributed by atoms with van der Waals surface area (Å²) in [6.07, 6.45) is 3.72. The molecule has 0 aliphatic heterocycles. The van der Waals surface area contributed by atoms with E-state index in [4.69, 9.17) is 0 Å². The minimum atomic E-state index is -3.43. The second-order valence-electron chi connectivity index (χ2n) is 3.47. The van der Waals surface area contributed by atoms with Crippen molar-refractivity contribution in [3.05, 3.63) is 12.4 Å². The van der Waals surface area contributed by atoms with Crippen LogP contribution < -0.4 is 4.72 Å². The van der Waals surface area contributed by atoms with Gasteiger partial charge in [0.2, 0.25) is 5.16 Å². The van der Waals surface area contributed by atoms with Crippen molar-refractivity contribution in [1.82, 2.24) is 14.7 Å². The fourth-order valence-electron chi connectivity index (χ4n) is 0.948. The molecule has 0 saturated carbocycles. The molecule has 0 aliphatic carbocycles. The Labute approximate surface area is 84.0 Å². The van der Waals surface area contributed by atoms with E-state index >= 15 is 0 Å². The third-order valence-corrected chi connectivity index (χ3v) is 3.06. The molecule has 0 unspecified atom stereocenters. The van der Waals surface area contributed by atoms with E-state index in [1.807, 2.05) is 13.8 Å². The van der Waals surface area contributed by atoms with Gasteiger partial charge in [-0.1, -0.05) is 13.8 Å². The lowest BCUT2D eigenvalue weighted by Gasteiger charge is -2.05. The second kappa shape index (κ2) is 4.56. The Morgan fingerprint density at radius 2 is 2.29 bits per heavy atom. The zero-order valence-corrected chi connectivity index (χ0v) is 9.13. The van der Waals surface area contributed by atoms with E-state index < -0.39 is 10.0 Å². The molecule has 2 N–H and O–H groups in total. The number of aromatic amines is 1. The van der Waals surface area contributed by atoms with Crippen molar-refractivity contribution in [2.75, 3.05) is 6.54 Å². The normalized spacial score (nSPS) is 12.2. The highest BCUT2D eigenvalue weighted by atomic mass is 32.2. The summed E-state index contributed by atoms with van der Waals surface area (Å²) in [4.78, 5) is 6.23. The van der Waals surface area contributed by atoms with Crippen LogP contribution in [0.25, 0.3) is 0 Å². The van der Waals surface area contributed by atoms with Crippen molar-refractivity contribution in [2.45, 2.75) is 25.4 Å². The van der Waals surface area contributed by atoms with E-state index in [9.17, 15) is 8.42 Å². The van der Waals surface area contributed by atoms with Gasteiger partial charge in [-0.2, -0.15) is 0 Å². The smallest absolute Gasteiger partial charge is 0.274 e. The van der Waals surface area contributed by atoms with Gasteiger partial charge in [-0.05, 0) is 12.3 Å². The van der Waals surface area contributed by atoms with E-state index in [0.717, 1.165) is 6.42 Å². The van der Waals surface area contributed by atoms with Crippen LogP contribution in [0, 0.1) is 5.92 Å². The SMILES string of the molecule is CC(C)CCNS(=O)(=O)c1ncc[nH]1. The average Bonchev–Trinajstić information content (AvgIpc) is 2.54. The summed E-state index contributed by atoms with van der Waals surface area (Å²) < 4.78 is 25.4. The largest absolute Gasteiger partial charge is 0.334 e. The average molecular weight is 217 g/mol. The van der Waals surface area contributed by atoms with E-state index in [1.165, 1.54) is 12.4 Å². The van der Waals surface area contributed by atoms with E-state index in [2.05, 4.69) is 14.7 Å². The van der Waals surface area contributed by atoms with Crippen molar-refractivity contribution in [2.24, 2.45) is 5.92 Å². The van der Waals surface area contributed by atoms with Gasteiger partial charge in [-0.25, -0.2) is 18.1 Å². The molecule has 0 fully saturated rings. The summed E-state index contributed by atoms with van der Waals surface area (Å²) in [5.74, 6) is 0.481. The Kier molecular flexibility index (Phi) is 3.65. The van der Waals surface area contributed by atoms with Crippen LogP contribution in [0.5, 0.6) is 0 Å². The van der Waals surface area contributed by atoms with Gasteiger partial charge in [0, 0.05) is 18.9 Å². The molecule has 0 amide bonds. The van der Waals surface area contributed by atoms with Gasteiger partial charge < -0.3 is 4.98 Å². The van der Waals surface area contributed by atoms with Crippen LogP contribution in [-0.2, 0) is 10.0 Å². The lowest BCUT2D eigenvalue weighted by atomic mass is 10.1. The zero-order chi connectivity index (χ0) is 10.6. The molecule has 1 heterocycles. The number of hydrogen-bond acceptors (Lipinski definition) is 3. The van der Waals surface area contributed by atoms with Crippen LogP contribution in [0.4, 0.5) is 0 Å². The molecule has 1 rings (SSSR count). The number of nitrogens with zero attached hydrogens (tertiary/aromatic N) is 1. The van der Waals surface area contributed by atoms with E-state index in [0.29, 0.717) is 12.5 Å². The number of nitrogens with one attached hydrogen (secondary N) is 2. The molecule has 0 aliphatic rings. The quantitative estimate of drug-likeness (QED) is 0.763. The minimum Gasteiger partial charge on any atom is -0.334 e. The molecule has 14 heavy (non-hydrogen) atoms. The maximum atomic E-state index is 11.5. The number of rotatable bonds is 5. The lowest BCUT2D eigenvalue weighted by Crippen LogP contribution is -2.26. The highest BCUT2D eigenvalue weighted by molar-refractivity contribution is 7.89. The fraction of sp³-hybridized carbons (Fsp3) is 0.625. The summed E-state index contributed by atoms with van der Waals surface area (Å²) in [6.45, 7) is 4.53. The van der Waals surface area contributed by atoms with Gasteiger partial charge in [-0.3, -0.25) is 0 Å². The minimum absolute atomic E-state index is 0.0266. The van der Waals surface area contributed by atoms with Crippen LogP contribution in [0.15, 0.2) is 17.6 Å². The number of hydrogen-bond donors (Lipinski definition) is 2. The van der Waals surface area contributed by atoms with Gasteiger partial charge in [0.25, 0.3) is 10.0 Å². The highest BCUT2D eigenvalue weighted by Gasteiger charge is 2.15. The number of imidazole rings is 1. The summed E-state index contributed by atoms with van der Waals surface area (Å²) >= 11 is 0. The van der Waals surface area contributed by atoms with Gasteiger partial charge in [-0.15, -0.1) is 0 Å². The first-order chi connectivity index (χ1) is 6.52. The van der Waals surface area contributed by atoms with Crippen LogP contribution >= 0.6 is 0 Å². The van der Waals surface area contributed by atoms with Crippen molar-refractivity contribution >= 4 is 10.0 Å². The Morgan fingerprint density at radius 1 is 1.57 bits per heavy atom. The number of aromatic nitrogens is 2. The Balaban J connectivity index is 2.52. The molecule has 80 valence electrons. The number of sulfonamides is 1. The molecule has 0 aromatic carbocycles. The Morgan fingerprint density at radius 3 is 2.79 bits per heavy atom. The standard InChI is InChI=1S/C8H15N3O2S/c1-7(2)3-4-11-14(12,13)8-9-5-6-10-8/h5-7,11H,3-4H2,1-2H3,(H,9,10). The highest BCUT2D eigenvalue weighted by Crippen LogP contribution is 2.01. The maximum absolute atomic E-state index is 11.5. The first kappa shape index (κ1) is 11.2. The predicted octanol–water partition coefficient (Wildman–Crippen LogP) is 0.734. The molecule has 0 saturated heterocycles. The van der Waals surface area contributed by atoms with Gasteiger partial charge >= 0.3 is 0 Å². The second-order valence-corrected chi connectivity index (χ2v) is 5.16. The van der Waals surface area contributed by atoms with E-state index in [-0.39, 0.29) is 5.16 Å². The van der Waals surface area contributed by atoms with Crippen molar-refractivity contribution in [1.29, 1.82) is 0 Å². The van der Waals surface area contributed by atoms with Gasteiger partial charge in [0.15, 0.2) is 0 Å². The zero-order valence-electron chi connectivity index (χ0n) is 8.32. The lowest BCUT2D eigenvalue weighted by molar-refractivity contribution is 0.547. The van der Waals surface area contributed by atoms with Gasteiger partial charge in [0.05, 0.1) is 0 Å². The first-order valence-corrected chi connectivity index (χ1v) is 6.00. The molecule has 1 aromatic rings. The number of H-pyrrole nitrogens is 1. The Hall–Kier alpha value is -0.880. The van der Waals surface area contributed by atoms with Crippen LogP contribution in [0.3, 0.4) is 0 Å². The molecule has 0 radical (unpaired) electrons. The van der Waals surface area contributed by atoms with Crippen molar-refractivity contribution < 1.29 is 8.42 Å². The molecule has 1 aromatic heterocycles. The summed E-state index contributed by atoms with van der Waals surface area (Å²) in [6, 6.07) is 0. The molecular formula is C8H15N3O2S. The molecule has 5 nitrogen and oxygen atoms in total. The summed E-state index contributed by atoms with van der Waals surface area (Å²) in [7, 11) is -3.43. The van der Waals surface area contributed by atoms with Crippen LogP contribution in [0.2, 0.25) is 0 Å². The first-order valence-electron chi connectivity index (χ1n) is 4.51. The monoisotopic (exact) mass is 217 g/mol. The van der Waals surface area contributed by atoms with Gasteiger partial charge in [0.1, 0.15) is 0 Å². The van der Waals surface area contributed by atoms with E-state index in [1.54, 1.807) is 0 Å². The molecule has 0 spiro atoms. The van der Waals surface area contributed by atoms with Crippen LogP contribution in [-0.4, -0.2) is 24.9 Å². The predicted molar refractivity (Wildman–Crippen MR) is 53.2 cm³/mol. The van der Waals surface area contributed by atoms with Crippen LogP contribution in [0.1, 0.15) is 20.3 Å². The molecule has 0 atom stereocenters. The van der Waals surface area contributed by atoms with Crippen molar-refractivity contribution in [3.8, 4) is 0 Å². The molecule has 0 bridgehead atoms. The fourth-order valence-corrected chi connectivity index (χ4v) is 1.89. The molecular weight excluding hydrogens is 202 g/mol. The van der Waals surface area contributed by atoms with Crippen molar-refractivity contribution in [3.63, 3.8) is 0 Å². The third kappa shape index (κ3) is 3.12. The topological polar surface area (TPSA) is 74.8 Å². The summed E-state index contributed by atoms with van der Waals surface area (Å²) in [5.41, 5.74) is 0. The summed E-state index contributed by atoms with van der Waals surface area (Å²) in [5, 5.41) is -0.0266. The Bertz CT molecular complexity index is 356. The molecule has 6 heteroatoms. The maximum Gasteiger partial charge on any atom is 0.274 e. The third-order valence-electron chi connectivity index (χ3n) is 1.74.